The summed E-state index contributed by atoms with van der Waals surface area (Å²) in [6.07, 6.45) is 1.81. The van der Waals surface area contributed by atoms with Gasteiger partial charge < -0.3 is 9.64 Å². The molecule has 138 valence electrons. The maximum Gasteiger partial charge on any atom is 0.244 e. The molecule has 2 aliphatic heterocycles. The Morgan fingerprint density at radius 3 is 2.52 bits per heavy atom. The highest BCUT2D eigenvalue weighted by Gasteiger charge is 2.46. The van der Waals surface area contributed by atoms with Crippen LogP contribution in [0.5, 0.6) is 5.75 Å². The Balaban J connectivity index is 2.08. The summed E-state index contributed by atoms with van der Waals surface area (Å²) < 4.78 is 33.6. The second-order valence-electron chi connectivity index (χ2n) is 7.05. The maximum absolute atomic E-state index is 13.4. The first kappa shape index (κ1) is 18.2. The number of piperazine rings is 1. The topological polar surface area (TPSA) is 66.9 Å². The van der Waals surface area contributed by atoms with Crippen molar-refractivity contribution in [3.63, 3.8) is 0 Å². The fraction of sp³-hybridized carbons (Fsp3) is 0.611. The summed E-state index contributed by atoms with van der Waals surface area (Å²) in [7, 11) is -2.18. The van der Waals surface area contributed by atoms with Crippen LogP contribution in [0.25, 0.3) is 0 Å². The van der Waals surface area contributed by atoms with Gasteiger partial charge in [-0.2, -0.15) is 4.31 Å². The normalized spacial score (nSPS) is 24.5. The van der Waals surface area contributed by atoms with Crippen LogP contribution in [0.3, 0.4) is 0 Å². The van der Waals surface area contributed by atoms with Crippen LogP contribution in [0.1, 0.15) is 36.5 Å². The molecule has 2 unspecified atom stereocenters. The standard InChI is InChI=1S/C18H26N2O4S/c1-11-9-16(24-5)12(2)13(3)17(11)25(22,23)20-10-15-7-6-8-19(15)18(21)14(20)4/h9,14-15H,6-8,10H2,1-5H3. The van der Waals surface area contributed by atoms with Gasteiger partial charge in [-0.3, -0.25) is 4.79 Å². The van der Waals surface area contributed by atoms with Gasteiger partial charge >= 0.3 is 0 Å². The van der Waals surface area contributed by atoms with Crippen LogP contribution >= 0.6 is 0 Å². The lowest BCUT2D eigenvalue weighted by atomic mass is 10.1. The SMILES string of the molecule is COc1cc(C)c(S(=O)(=O)N2CC3CCCN3C(=O)C2C)c(C)c1C. The molecule has 25 heavy (non-hydrogen) atoms. The number of ether oxygens (including phenoxy) is 1. The van der Waals surface area contributed by atoms with Crippen molar-refractivity contribution >= 4 is 15.9 Å². The van der Waals surface area contributed by atoms with Crippen LogP contribution in [0, 0.1) is 20.8 Å². The molecule has 1 aromatic rings. The van der Waals surface area contributed by atoms with Crippen molar-refractivity contribution in [2.75, 3.05) is 20.2 Å². The van der Waals surface area contributed by atoms with Crippen LogP contribution in [0.2, 0.25) is 0 Å². The number of amides is 1. The molecule has 2 saturated heterocycles. The molecule has 0 aliphatic carbocycles. The molecule has 7 heteroatoms. The smallest absolute Gasteiger partial charge is 0.244 e. The van der Waals surface area contributed by atoms with Gasteiger partial charge in [0.1, 0.15) is 11.8 Å². The lowest BCUT2D eigenvalue weighted by Crippen LogP contribution is -2.60. The highest BCUT2D eigenvalue weighted by atomic mass is 32.2. The Morgan fingerprint density at radius 2 is 1.88 bits per heavy atom. The number of carbonyl (C=O) groups excluding carboxylic acids is 1. The number of aryl methyl sites for hydroxylation is 1. The molecule has 2 heterocycles. The third-order valence-corrected chi connectivity index (χ3v) is 7.83. The van der Waals surface area contributed by atoms with Crippen molar-refractivity contribution < 1.29 is 17.9 Å². The largest absolute Gasteiger partial charge is 0.496 e. The fourth-order valence-electron chi connectivity index (χ4n) is 4.10. The fourth-order valence-corrected chi connectivity index (χ4v) is 6.21. The summed E-state index contributed by atoms with van der Waals surface area (Å²) in [5.41, 5.74) is 2.14. The Labute approximate surface area is 149 Å². The van der Waals surface area contributed by atoms with Gasteiger partial charge in [0.15, 0.2) is 0 Å². The number of rotatable bonds is 3. The second kappa shape index (κ2) is 6.29. The summed E-state index contributed by atoms with van der Waals surface area (Å²) in [5, 5.41) is 0. The Morgan fingerprint density at radius 1 is 1.20 bits per heavy atom. The Bertz CT molecular complexity index is 819. The lowest BCUT2D eigenvalue weighted by Gasteiger charge is -2.41. The molecule has 2 aliphatic rings. The van der Waals surface area contributed by atoms with E-state index in [-0.39, 0.29) is 11.9 Å². The second-order valence-corrected chi connectivity index (χ2v) is 8.88. The zero-order valence-electron chi connectivity index (χ0n) is 15.5. The molecule has 0 radical (unpaired) electrons. The molecule has 2 atom stereocenters. The van der Waals surface area contributed by atoms with Crippen molar-refractivity contribution in [2.24, 2.45) is 0 Å². The number of hydrogen-bond donors (Lipinski definition) is 0. The number of hydrogen-bond acceptors (Lipinski definition) is 4. The van der Waals surface area contributed by atoms with Crippen LogP contribution in [0.15, 0.2) is 11.0 Å². The van der Waals surface area contributed by atoms with Crippen molar-refractivity contribution in [2.45, 2.75) is 57.5 Å². The summed E-state index contributed by atoms with van der Waals surface area (Å²) >= 11 is 0. The lowest BCUT2D eigenvalue weighted by molar-refractivity contribution is -0.139. The van der Waals surface area contributed by atoms with Gasteiger partial charge in [-0.05, 0) is 63.3 Å². The van der Waals surface area contributed by atoms with Gasteiger partial charge in [0.25, 0.3) is 0 Å². The zero-order chi connectivity index (χ0) is 18.5. The first-order chi connectivity index (χ1) is 11.7. The number of nitrogens with zero attached hydrogens (tertiary/aromatic N) is 2. The molecular formula is C18H26N2O4S. The summed E-state index contributed by atoms with van der Waals surface area (Å²) in [6.45, 7) is 8.24. The molecule has 3 rings (SSSR count). The Hall–Kier alpha value is -1.60. The van der Waals surface area contributed by atoms with E-state index < -0.39 is 16.1 Å². The summed E-state index contributed by atoms with van der Waals surface area (Å²) in [5.74, 6) is 0.594. The van der Waals surface area contributed by atoms with E-state index in [2.05, 4.69) is 0 Å². The monoisotopic (exact) mass is 366 g/mol. The molecule has 0 bridgehead atoms. The molecule has 6 nitrogen and oxygen atoms in total. The molecular weight excluding hydrogens is 340 g/mol. The predicted octanol–water partition coefficient (Wildman–Crippen LogP) is 2.00. The molecule has 0 aromatic heterocycles. The van der Waals surface area contributed by atoms with E-state index >= 15 is 0 Å². The van der Waals surface area contributed by atoms with Gasteiger partial charge in [0.05, 0.1) is 12.0 Å². The van der Waals surface area contributed by atoms with Crippen molar-refractivity contribution in [1.29, 1.82) is 0 Å². The van der Waals surface area contributed by atoms with Crippen LogP contribution in [-0.4, -0.2) is 55.8 Å². The molecule has 1 amide bonds. The van der Waals surface area contributed by atoms with Gasteiger partial charge in [0.2, 0.25) is 15.9 Å². The molecule has 1 aromatic carbocycles. The van der Waals surface area contributed by atoms with E-state index in [4.69, 9.17) is 4.74 Å². The van der Waals surface area contributed by atoms with Gasteiger partial charge in [-0.1, -0.05) is 0 Å². The van der Waals surface area contributed by atoms with E-state index in [1.165, 1.54) is 4.31 Å². The third-order valence-electron chi connectivity index (χ3n) is 5.61. The van der Waals surface area contributed by atoms with E-state index in [9.17, 15) is 13.2 Å². The summed E-state index contributed by atoms with van der Waals surface area (Å²) in [6, 6.07) is 1.09. The van der Waals surface area contributed by atoms with E-state index in [1.807, 2.05) is 11.8 Å². The Kier molecular flexibility index (Phi) is 4.58. The first-order valence-corrected chi connectivity index (χ1v) is 10.1. The van der Waals surface area contributed by atoms with Crippen molar-refractivity contribution in [3.8, 4) is 5.75 Å². The highest BCUT2D eigenvalue weighted by molar-refractivity contribution is 7.89. The van der Waals surface area contributed by atoms with Crippen molar-refractivity contribution in [1.82, 2.24) is 9.21 Å². The quantitative estimate of drug-likeness (QED) is 0.821. The van der Waals surface area contributed by atoms with E-state index in [0.717, 1.165) is 24.9 Å². The van der Waals surface area contributed by atoms with E-state index in [0.29, 0.717) is 28.3 Å². The van der Waals surface area contributed by atoms with E-state index in [1.54, 1.807) is 33.9 Å². The number of methoxy groups -OCH3 is 1. The maximum atomic E-state index is 13.4. The first-order valence-electron chi connectivity index (χ1n) is 8.67. The molecule has 0 N–H and O–H groups in total. The molecule has 0 spiro atoms. The van der Waals surface area contributed by atoms with Gasteiger partial charge in [-0.15, -0.1) is 0 Å². The minimum absolute atomic E-state index is 0.00145. The van der Waals surface area contributed by atoms with Crippen LogP contribution in [-0.2, 0) is 14.8 Å². The number of carbonyl (C=O) groups is 1. The highest BCUT2D eigenvalue weighted by Crippen LogP contribution is 2.35. The minimum Gasteiger partial charge on any atom is -0.496 e. The van der Waals surface area contributed by atoms with Gasteiger partial charge in [0, 0.05) is 19.1 Å². The average molecular weight is 366 g/mol. The summed E-state index contributed by atoms with van der Waals surface area (Å²) in [4.78, 5) is 14.8. The predicted molar refractivity (Wildman–Crippen MR) is 95.3 cm³/mol. The average Bonchev–Trinajstić information content (AvgIpc) is 3.02. The molecule has 0 saturated carbocycles. The van der Waals surface area contributed by atoms with Crippen LogP contribution in [0.4, 0.5) is 0 Å². The zero-order valence-corrected chi connectivity index (χ0v) is 16.3. The number of sulfonamides is 1. The third kappa shape index (κ3) is 2.73. The van der Waals surface area contributed by atoms with Crippen molar-refractivity contribution in [3.05, 3.63) is 22.8 Å². The van der Waals surface area contributed by atoms with Gasteiger partial charge in [-0.25, -0.2) is 8.42 Å². The number of benzene rings is 1. The molecule has 2 fully saturated rings. The van der Waals surface area contributed by atoms with Crippen LogP contribution < -0.4 is 4.74 Å². The number of fused-ring (bicyclic) bond motifs is 1. The minimum atomic E-state index is -3.76.